The summed E-state index contributed by atoms with van der Waals surface area (Å²) >= 11 is 0. The highest BCUT2D eigenvalue weighted by atomic mass is 16.3. The maximum absolute atomic E-state index is 9.88. The lowest BCUT2D eigenvalue weighted by atomic mass is 10.00. The monoisotopic (exact) mass is 266 g/mol. The number of hydrogen-bond donors (Lipinski definition) is 3. The summed E-state index contributed by atoms with van der Waals surface area (Å²) in [5.74, 6) is 0.879. The largest absolute Gasteiger partial charge is 0.508 e. The lowest BCUT2D eigenvalue weighted by molar-refractivity contribution is 0.272. The molecule has 1 rings (SSSR count). The first kappa shape index (κ1) is 15.8. The van der Waals surface area contributed by atoms with E-state index in [2.05, 4.69) is 24.1 Å². The third-order valence-corrected chi connectivity index (χ3v) is 3.31. The van der Waals surface area contributed by atoms with E-state index in [0.717, 1.165) is 12.1 Å². The van der Waals surface area contributed by atoms with Gasteiger partial charge in [0.05, 0.1) is 0 Å². The molecule has 0 saturated heterocycles. The normalized spacial score (nSPS) is 14.9. The van der Waals surface area contributed by atoms with Crippen LogP contribution in [0, 0.1) is 5.92 Å². The van der Waals surface area contributed by atoms with Crippen LogP contribution in [0.15, 0.2) is 18.2 Å². The first-order chi connectivity index (χ1) is 8.81. The van der Waals surface area contributed by atoms with Crippen molar-refractivity contribution in [2.24, 2.45) is 5.92 Å². The van der Waals surface area contributed by atoms with E-state index in [4.69, 9.17) is 0 Å². The highest BCUT2D eigenvalue weighted by molar-refractivity contribution is 5.40. The Morgan fingerprint density at radius 2 is 1.79 bits per heavy atom. The van der Waals surface area contributed by atoms with Crippen molar-refractivity contribution in [3.8, 4) is 11.5 Å². The van der Waals surface area contributed by atoms with Crippen LogP contribution in [-0.4, -0.2) is 41.8 Å². The molecule has 0 radical (unpaired) electrons. The van der Waals surface area contributed by atoms with Gasteiger partial charge in [-0.15, -0.1) is 0 Å². The second kappa shape index (κ2) is 6.78. The Morgan fingerprint density at radius 1 is 1.16 bits per heavy atom. The predicted molar refractivity (Wildman–Crippen MR) is 78.5 cm³/mol. The smallest absolute Gasteiger partial charge is 0.120 e. The van der Waals surface area contributed by atoms with Gasteiger partial charge in [-0.25, -0.2) is 0 Å². The van der Waals surface area contributed by atoms with E-state index in [1.807, 2.05) is 21.0 Å². The number of aromatic hydroxyl groups is 2. The molecule has 19 heavy (non-hydrogen) atoms. The molecule has 108 valence electrons. The Labute approximate surface area is 116 Å². The highest BCUT2D eigenvalue weighted by Crippen LogP contribution is 2.28. The van der Waals surface area contributed by atoms with Crippen molar-refractivity contribution in [3.05, 3.63) is 23.8 Å². The van der Waals surface area contributed by atoms with Crippen molar-refractivity contribution in [2.45, 2.75) is 32.9 Å². The molecule has 3 N–H and O–H groups in total. The van der Waals surface area contributed by atoms with Crippen molar-refractivity contribution in [1.29, 1.82) is 0 Å². The van der Waals surface area contributed by atoms with Gasteiger partial charge in [0.25, 0.3) is 0 Å². The van der Waals surface area contributed by atoms with Crippen LogP contribution in [0.4, 0.5) is 0 Å². The molecule has 1 aromatic rings. The van der Waals surface area contributed by atoms with Gasteiger partial charge in [0.1, 0.15) is 11.5 Å². The molecule has 4 heteroatoms. The fourth-order valence-corrected chi connectivity index (χ4v) is 2.15. The van der Waals surface area contributed by atoms with Crippen molar-refractivity contribution in [2.75, 3.05) is 20.6 Å². The number of phenolic OH excluding ortho intramolecular Hbond substituents is 2. The van der Waals surface area contributed by atoms with E-state index < -0.39 is 0 Å². The van der Waals surface area contributed by atoms with Crippen LogP contribution in [0.5, 0.6) is 11.5 Å². The summed E-state index contributed by atoms with van der Waals surface area (Å²) in [6.07, 6.45) is 0. The van der Waals surface area contributed by atoms with Crippen molar-refractivity contribution >= 4 is 0 Å². The molecule has 2 unspecified atom stereocenters. The Morgan fingerprint density at radius 3 is 2.32 bits per heavy atom. The van der Waals surface area contributed by atoms with Crippen LogP contribution < -0.4 is 5.32 Å². The number of likely N-dealkylation sites (N-methyl/N-ethyl adjacent to an activating group) is 1. The third kappa shape index (κ3) is 4.73. The second-order valence-electron chi connectivity index (χ2n) is 5.74. The van der Waals surface area contributed by atoms with Gasteiger partial charge in [0, 0.05) is 24.2 Å². The molecule has 0 heterocycles. The summed E-state index contributed by atoms with van der Waals surface area (Å²) in [6.45, 7) is 7.29. The van der Waals surface area contributed by atoms with Gasteiger partial charge in [-0.3, -0.25) is 0 Å². The van der Waals surface area contributed by atoms with Crippen LogP contribution >= 0.6 is 0 Å². The van der Waals surface area contributed by atoms with E-state index in [0.29, 0.717) is 12.0 Å². The summed E-state index contributed by atoms with van der Waals surface area (Å²) < 4.78 is 0. The predicted octanol–water partition coefficient (Wildman–Crippen LogP) is 2.33. The summed E-state index contributed by atoms with van der Waals surface area (Å²) in [4.78, 5) is 2.15. The second-order valence-corrected chi connectivity index (χ2v) is 5.74. The third-order valence-electron chi connectivity index (χ3n) is 3.31. The number of phenols is 2. The van der Waals surface area contributed by atoms with Gasteiger partial charge in [0.2, 0.25) is 0 Å². The molecule has 0 aliphatic heterocycles. The fourth-order valence-electron chi connectivity index (χ4n) is 2.15. The minimum Gasteiger partial charge on any atom is -0.508 e. The molecule has 0 saturated carbocycles. The summed E-state index contributed by atoms with van der Waals surface area (Å²) in [7, 11) is 4.10. The van der Waals surface area contributed by atoms with Gasteiger partial charge >= 0.3 is 0 Å². The van der Waals surface area contributed by atoms with E-state index in [9.17, 15) is 10.2 Å². The van der Waals surface area contributed by atoms with Crippen molar-refractivity contribution in [3.63, 3.8) is 0 Å². The van der Waals surface area contributed by atoms with E-state index in [-0.39, 0.29) is 17.5 Å². The molecule has 0 bridgehead atoms. The van der Waals surface area contributed by atoms with E-state index in [1.165, 1.54) is 12.1 Å². The van der Waals surface area contributed by atoms with Gasteiger partial charge in [-0.05, 0) is 45.1 Å². The summed E-state index contributed by atoms with van der Waals surface area (Å²) in [6, 6.07) is 4.94. The fraction of sp³-hybridized carbons (Fsp3) is 0.600. The van der Waals surface area contributed by atoms with E-state index >= 15 is 0 Å². The maximum atomic E-state index is 9.88. The Bertz CT molecular complexity index is 405. The first-order valence-corrected chi connectivity index (χ1v) is 6.74. The standard InChI is InChI=1S/C15H26N2O2/c1-10(2)14(9-17(4)5)16-11(3)13-8-12(18)6-7-15(13)19/h6-8,10-11,14,16,18-19H,9H2,1-5H3. The van der Waals surface area contributed by atoms with Crippen molar-refractivity contribution in [1.82, 2.24) is 10.2 Å². The number of benzene rings is 1. The highest BCUT2D eigenvalue weighted by Gasteiger charge is 2.19. The summed E-state index contributed by atoms with van der Waals surface area (Å²) in [5.41, 5.74) is 0.726. The molecule has 1 aromatic carbocycles. The zero-order valence-corrected chi connectivity index (χ0v) is 12.5. The number of hydrogen-bond acceptors (Lipinski definition) is 4. The van der Waals surface area contributed by atoms with Gasteiger partial charge in [-0.1, -0.05) is 13.8 Å². The Hall–Kier alpha value is -1.26. The lowest BCUT2D eigenvalue weighted by Gasteiger charge is -2.29. The molecule has 4 nitrogen and oxygen atoms in total. The lowest BCUT2D eigenvalue weighted by Crippen LogP contribution is -2.43. The minimum atomic E-state index is -0.0144. The van der Waals surface area contributed by atoms with Crippen molar-refractivity contribution < 1.29 is 10.2 Å². The quantitative estimate of drug-likeness (QED) is 0.692. The molecule has 0 aromatic heterocycles. The van der Waals surface area contributed by atoms with Gasteiger partial charge in [0.15, 0.2) is 0 Å². The molecular formula is C15H26N2O2. The Balaban J connectivity index is 2.81. The van der Waals surface area contributed by atoms with Crippen LogP contribution in [0.3, 0.4) is 0 Å². The number of nitrogens with one attached hydrogen (secondary N) is 1. The number of nitrogens with zero attached hydrogens (tertiary/aromatic N) is 1. The molecule has 0 spiro atoms. The van der Waals surface area contributed by atoms with Crippen LogP contribution in [0.1, 0.15) is 32.4 Å². The molecule has 0 amide bonds. The SMILES string of the molecule is CC(NC(CN(C)C)C(C)C)c1cc(O)ccc1O. The molecule has 2 atom stereocenters. The zero-order valence-electron chi connectivity index (χ0n) is 12.5. The van der Waals surface area contributed by atoms with Crippen LogP contribution in [0.2, 0.25) is 0 Å². The molecule has 0 fully saturated rings. The zero-order chi connectivity index (χ0) is 14.6. The van der Waals surface area contributed by atoms with Crippen LogP contribution in [0.25, 0.3) is 0 Å². The van der Waals surface area contributed by atoms with Crippen LogP contribution in [-0.2, 0) is 0 Å². The molecular weight excluding hydrogens is 240 g/mol. The maximum Gasteiger partial charge on any atom is 0.120 e. The minimum absolute atomic E-state index is 0.0144. The number of rotatable bonds is 6. The van der Waals surface area contributed by atoms with E-state index in [1.54, 1.807) is 6.07 Å². The Kier molecular flexibility index (Phi) is 5.63. The first-order valence-electron chi connectivity index (χ1n) is 6.74. The molecule has 0 aliphatic rings. The average Bonchev–Trinajstić information content (AvgIpc) is 2.30. The van der Waals surface area contributed by atoms with Gasteiger partial charge in [-0.2, -0.15) is 0 Å². The topological polar surface area (TPSA) is 55.7 Å². The van der Waals surface area contributed by atoms with Gasteiger partial charge < -0.3 is 20.4 Å². The summed E-state index contributed by atoms with van der Waals surface area (Å²) in [5, 5.41) is 22.9. The average molecular weight is 266 g/mol. The molecule has 0 aliphatic carbocycles.